The molecule has 0 saturated carbocycles. The molecule has 0 fully saturated rings. The lowest BCUT2D eigenvalue weighted by Crippen LogP contribution is -2.34. The average Bonchev–Trinajstić information content (AvgIpc) is 2.36. The fourth-order valence-corrected chi connectivity index (χ4v) is 1.91. The van der Waals surface area contributed by atoms with E-state index in [2.05, 4.69) is 15.9 Å². The fourth-order valence-electron chi connectivity index (χ4n) is 1.45. The minimum Gasteiger partial charge on any atom is -0.493 e. The largest absolute Gasteiger partial charge is 0.493 e. The van der Waals surface area contributed by atoms with Gasteiger partial charge in [-0.3, -0.25) is 0 Å². The molecule has 1 N–H and O–H groups in total. The standard InChI is InChI=1S/C13H19BrO3/c1-4-13(15,5-2)9-17-12-10(14)7-6-8-11(12)16-3/h6-8,15H,4-5,9H2,1-3H3. The maximum atomic E-state index is 10.2. The Morgan fingerprint density at radius 2 is 1.94 bits per heavy atom. The molecule has 0 heterocycles. The first-order valence-corrected chi connectivity index (χ1v) is 6.53. The number of benzene rings is 1. The number of halogens is 1. The highest BCUT2D eigenvalue weighted by Gasteiger charge is 2.24. The fraction of sp³-hybridized carbons (Fsp3) is 0.538. The first-order valence-electron chi connectivity index (χ1n) is 5.74. The lowest BCUT2D eigenvalue weighted by Gasteiger charge is -2.25. The summed E-state index contributed by atoms with van der Waals surface area (Å²) in [5, 5.41) is 10.2. The topological polar surface area (TPSA) is 38.7 Å². The molecule has 1 aromatic carbocycles. The molecule has 3 nitrogen and oxygen atoms in total. The van der Waals surface area contributed by atoms with Crippen LogP contribution in [-0.4, -0.2) is 24.4 Å². The van der Waals surface area contributed by atoms with E-state index in [4.69, 9.17) is 9.47 Å². The van der Waals surface area contributed by atoms with Gasteiger partial charge in [0.25, 0.3) is 0 Å². The van der Waals surface area contributed by atoms with Crippen LogP contribution in [0.25, 0.3) is 0 Å². The molecule has 4 heteroatoms. The predicted octanol–water partition coefficient (Wildman–Crippen LogP) is 3.39. The summed E-state index contributed by atoms with van der Waals surface area (Å²) >= 11 is 3.41. The number of methoxy groups -OCH3 is 1. The van der Waals surface area contributed by atoms with E-state index in [0.717, 1.165) is 4.47 Å². The van der Waals surface area contributed by atoms with Crippen LogP contribution in [0.1, 0.15) is 26.7 Å². The van der Waals surface area contributed by atoms with E-state index in [1.165, 1.54) is 0 Å². The molecule has 0 aromatic heterocycles. The molecule has 0 aliphatic carbocycles. The van der Waals surface area contributed by atoms with Gasteiger partial charge in [0.15, 0.2) is 11.5 Å². The Bertz CT molecular complexity index is 362. The number of rotatable bonds is 6. The van der Waals surface area contributed by atoms with Crippen molar-refractivity contribution in [3.05, 3.63) is 22.7 Å². The van der Waals surface area contributed by atoms with Crippen molar-refractivity contribution in [3.8, 4) is 11.5 Å². The molecular weight excluding hydrogens is 284 g/mol. The van der Waals surface area contributed by atoms with Crippen LogP contribution in [0.5, 0.6) is 11.5 Å². The van der Waals surface area contributed by atoms with E-state index in [-0.39, 0.29) is 6.61 Å². The van der Waals surface area contributed by atoms with Crippen LogP contribution < -0.4 is 9.47 Å². The highest BCUT2D eigenvalue weighted by molar-refractivity contribution is 9.10. The van der Waals surface area contributed by atoms with E-state index in [1.54, 1.807) is 7.11 Å². The van der Waals surface area contributed by atoms with E-state index in [0.29, 0.717) is 24.3 Å². The lowest BCUT2D eigenvalue weighted by atomic mass is 9.99. The summed E-state index contributed by atoms with van der Waals surface area (Å²) in [7, 11) is 1.60. The Balaban J connectivity index is 2.81. The molecule has 17 heavy (non-hydrogen) atoms. The van der Waals surface area contributed by atoms with Crippen LogP contribution in [0.4, 0.5) is 0 Å². The summed E-state index contributed by atoms with van der Waals surface area (Å²) in [5.74, 6) is 1.30. The number of hydrogen-bond donors (Lipinski definition) is 1. The summed E-state index contributed by atoms with van der Waals surface area (Å²) in [4.78, 5) is 0. The third-order valence-corrected chi connectivity index (χ3v) is 3.58. The minimum atomic E-state index is -0.777. The minimum absolute atomic E-state index is 0.263. The third-order valence-electron chi connectivity index (χ3n) is 2.95. The van der Waals surface area contributed by atoms with E-state index >= 15 is 0 Å². The van der Waals surface area contributed by atoms with E-state index in [1.807, 2.05) is 32.0 Å². The van der Waals surface area contributed by atoms with Gasteiger partial charge in [0.1, 0.15) is 6.61 Å². The van der Waals surface area contributed by atoms with Gasteiger partial charge in [-0.15, -0.1) is 0 Å². The summed E-state index contributed by atoms with van der Waals surface area (Å²) in [5.41, 5.74) is -0.777. The van der Waals surface area contributed by atoms with Gasteiger partial charge in [-0.05, 0) is 40.9 Å². The summed E-state index contributed by atoms with van der Waals surface area (Å²) in [6, 6.07) is 5.59. The number of aliphatic hydroxyl groups is 1. The molecule has 1 aromatic rings. The second kappa shape index (κ2) is 6.26. The zero-order valence-electron chi connectivity index (χ0n) is 10.5. The molecular formula is C13H19BrO3. The maximum Gasteiger partial charge on any atom is 0.175 e. The molecule has 0 aliphatic heterocycles. The van der Waals surface area contributed by atoms with Crippen molar-refractivity contribution in [2.75, 3.05) is 13.7 Å². The first-order chi connectivity index (χ1) is 8.06. The Morgan fingerprint density at radius 1 is 1.29 bits per heavy atom. The van der Waals surface area contributed by atoms with Gasteiger partial charge in [-0.2, -0.15) is 0 Å². The predicted molar refractivity (Wildman–Crippen MR) is 71.7 cm³/mol. The van der Waals surface area contributed by atoms with Crippen molar-refractivity contribution < 1.29 is 14.6 Å². The van der Waals surface area contributed by atoms with Gasteiger partial charge >= 0.3 is 0 Å². The Hall–Kier alpha value is -0.740. The molecule has 96 valence electrons. The zero-order chi connectivity index (χ0) is 12.9. The van der Waals surface area contributed by atoms with Crippen molar-refractivity contribution in [1.29, 1.82) is 0 Å². The summed E-state index contributed by atoms with van der Waals surface area (Å²) in [6.45, 7) is 4.16. The lowest BCUT2D eigenvalue weighted by molar-refractivity contribution is -0.0121. The summed E-state index contributed by atoms with van der Waals surface area (Å²) in [6.07, 6.45) is 1.33. The molecule has 0 radical (unpaired) electrons. The van der Waals surface area contributed by atoms with Crippen molar-refractivity contribution in [2.24, 2.45) is 0 Å². The SMILES string of the molecule is CCC(O)(CC)COc1c(Br)cccc1OC. The molecule has 0 saturated heterocycles. The third kappa shape index (κ3) is 3.61. The van der Waals surface area contributed by atoms with Gasteiger partial charge in [-0.25, -0.2) is 0 Å². The van der Waals surface area contributed by atoms with Crippen LogP contribution in [0.15, 0.2) is 22.7 Å². The van der Waals surface area contributed by atoms with Crippen LogP contribution in [0.3, 0.4) is 0 Å². The zero-order valence-corrected chi connectivity index (χ0v) is 12.1. The van der Waals surface area contributed by atoms with Gasteiger partial charge in [0, 0.05) is 0 Å². The maximum absolute atomic E-state index is 10.2. The van der Waals surface area contributed by atoms with Gasteiger partial charge in [-0.1, -0.05) is 19.9 Å². The number of para-hydroxylation sites is 1. The van der Waals surface area contributed by atoms with Gasteiger partial charge in [0.05, 0.1) is 17.2 Å². The molecule has 0 atom stereocenters. The van der Waals surface area contributed by atoms with Crippen LogP contribution in [0.2, 0.25) is 0 Å². The number of hydrogen-bond acceptors (Lipinski definition) is 3. The molecule has 0 bridgehead atoms. The van der Waals surface area contributed by atoms with Gasteiger partial charge < -0.3 is 14.6 Å². The van der Waals surface area contributed by atoms with Crippen molar-refractivity contribution >= 4 is 15.9 Å². The smallest absolute Gasteiger partial charge is 0.175 e. The number of ether oxygens (including phenoxy) is 2. The second-order valence-corrected chi connectivity index (χ2v) is 4.85. The van der Waals surface area contributed by atoms with Crippen LogP contribution >= 0.6 is 15.9 Å². The molecule has 0 amide bonds. The van der Waals surface area contributed by atoms with Crippen molar-refractivity contribution in [2.45, 2.75) is 32.3 Å². The Kier molecular flexibility index (Phi) is 5.28. The quantitative estimate of drug-likeness (QED) is 0.875. The molecule has 1 rings (SSSR count). The first kappa shape index (κ1) is 14.3. The summed E-state index contributed by atoms with van der Waals surface area (Å²) < 4.78 is 11.7. The van der Waals surface area contributed by atoms with Crippen molar-refractivity contribution in [1.82, 2.24) is 0 Å². The normalized spacial score (nSPS) is 11.4. The second-order valence-electron chi connectivity index (χ2n) is 3.99. The molecule has 0 spiro atoms. The highest BCUT2D eigenvalue weighted by atomic mass is 79.9. The molecule has 0 aliphatic rings. The van der Waals surface area contributed by atoms with E-state index < -0.39 is 5.60 Å². The average molecular weight is 303 g/mol. The van der Waals surface area contributed by atoms with E-state index in [9.17, 15) is 5.11 Å². The monoisotopic (exact) mass is 302 g/mol. The van der Waals surface area contributed by atoms with Crippen LogP contribution in [0, 0.1) is 0 Å². The van der Waals surface area contributed by atoms with Crippen LogP contribution in [-0.2, 0) is 0 Å². The van der Waals surface area contributed by atoms with Gasteiger partial charge in [0.2, 0.25) is 0 Å². The highest BCUT2D eigenvalue weighted by Crippen LogP contribution is 2.35. The molecule has 0 unspecified atom stereocenters. The van der Waals surface area contributed by atoms with Crippen molar-refractivity contribution in [3.63, 3.8) is 0 Å². The Morgan fingerprint density at radius 3 is 2.47 bits per heavy atom. The Labute approximate surface area is 111 Å².